The molecule has 1 aliphatic rings. The van der Waals surface area contributed by atoms with Crippen LogP contribution in [0.5, 0.6) is 5.75 Å². The SMILES string of the molecule is O=C(NCc1ccc([S+]([O-])c2cccc(OC(F)(F)F)c2)cn1)N1Cc2ccncc2C1. The quantitative estimate of drug-likeness (QED) is 0.583. The Balaban J connectivity index is 1.34. The maximum Gasteiger partial charge on any atom is 0.573 e. The van der Waals surface area contributed by atoms with Crippen molar-refractivity contribution in [3.63, 3.8) is 0 Å². The molecule has 1 aromatic carbocycles. The van der Waals surface area contributed by atoms with Crippen LogP contribution >= 0.6 is 0 Å². The zero-order chi connectivity index (χ0) is 22.7. The van der Waals surface area contributed by atoms with E-state index in [0.717, 1.165) is 23.3 Å². The third kappa shape index (κ3) is 5.29. The fraction of sp³-hybridized carbons (Fsp3) is 0.190. The molecule has 0 spiro atoms. The summed E-state index contributed by atoms with van der Waals surface area (Å²) in [6.45, 7) is 1.16. The molecule has 11 heteroatoms. The van der Waals surface area contributed by atoms with E-state index in [1.807, 2.05) is 6.07 Å². The van der Waals surface area contributed by atoms with E-state index < -0.39 is 23.3 Å². The van der Waals surface area contributed by atoms with E-state index in [0.29, 0.717) is 23.7 Å². The minimum Gasteiger partial charge on any atom is -0.606 e. The molecular weight excluding hydrogens is 445 g/mol. The van der Waals surface area contributed by atoms with Gasteiger partial charge in [0.15, 0.2) is 9.79 Å². The van der Waals surface area contributed by atoms with E-state index in [2.05, 4.69) is 20.0 Å². The van der Waals surface area contributed by atoms with Crippen molar-refractivity contribution in [2.24, 2.45) is 0 Å². The van der Waals surface area contributed by atoms with Gasteiger partial charge in [0.25, 0.3) is 0 Å². The number of carbonyl (C=O) groups excluding carboxylic acids is 1. The first-order valence-electron chi connectivity index (χ1n) is 9.45. The summed E-state index contributed by atoms with van der Waals surface area (Å²) in [5.74, 6) is -0.449. The molecule has 2 aromatic heterocycles. The molecule has 2 amide bonds. The molecule has 1 unspecified atom stereocenters. The Morgan fingerprint density at radius 2 is 1.94 bits per heavy atom. The predicted octanol–water partition coefficient (Wildman–Crippen LogP) is 3.77. The molecule has 0 bridgehead atoms. The molecule has 0 saturated carbocycles. The van der Waals surface area contributed by atoms with Gasteiger partial charge >= 0.3 is 12.4 Å². The number of halogens is 3. The molecule has 0 fully saturated rings. The minimum atomic E-state index is -4.83. The zero-order valence-corrected chi connectivity index (χ0v) is 17.3. The first-order chi connectivity index (χ1) is 15.3. The van der Waals surface area contributed by atoms with E-state index >= 15 is 0 Å². The molecule has 0 saturated heterocycles. The van der Waals surface area contributed by atoms with Crippen LogP contribution in [0, 0.1) is 0 Å². The number of alkyl halides is 3. The molecule has 4 rings (SSSR count). The fourth-order valence-corrected chi connectivity index (χ4v) is 4.23. The number of aromatic nitrogens is 2. The van der Waals surface area contributed by atoms with Crippen molar-refractivity contribution in [2.75, 3.05) is 0 Å². The number of ether oxygens (including phenoxy) is 1. The molecule has 1 N–H and O–H groups in total. The Bertz CT molecular complexity index is 1090. The van der Waals surface area contributed by atoms with E-state index in [1.165, 1.54) is 18.3 Å². The summed E-state index contributed by atoms with van der Waals surface area (Å²) in [7, 11) is 0. The lowest BCUT2D eigenvalue weighted by Crippen LogP contribution is -2.36. The highest BCUT2D eigenvalue weighted by Gasteiger charge is 2.31. The van der Waals surface area contributed by atoms with Crippen LogP contribution < -0.4 is 10.1 Å². The molecule has 166 valence electrons. The van der Waals surface area contributed by atoms with Crippen molar-refractivity contribution in [2.45, 2.75) is 35.8 Å². The van der Waals surface area contributed by atoms with Gasteiger partial charge in [-0.05, 0) is 41.5 Å². The molecule has 32 heavy (non-hydrogen) atoms. The second-order valence-corrected chi connectivity index (χ2v) is 8.42. The first kappa shape index (κ1) is 21.9. The number of hydrogen-bond acceptors (Lipinski definition) is 5. The lowest BCUT2D eigenvalue weighted by Gasteiger charge is -2.16. The van der Waals surface area contributed by atoms with Crippen molar-refractivity contribution in [3.8, 4) is 5.75 Å². The van der Waals surface area contributed by atoms with Gasteiger partial charge in [-0.3, -0.25) is 9.97 Å². The summed E-state index contributed by atoms with van der Waals surface area (Å²) in [4.78, 5) is 22.8. The summed E-state index contributed by atoms with van der Waals surface area (Å²) in [5, 5.41) is 2.79. The van der Waals surface area contributed by atoms with E-state index in [9.17, 15) is 22.5 Å². The average molecular weight is 462 g/mol. The van der Waals surface area contributed by atoms with Gasteiger partial charge in [0, 0.05) is 42.7 Å². The Kier molecular flexibility index (Phi) is 6.19. The number of benzene rings is 1. The second kappa shape index (κ2) is 9.05. The smallest absolute Gasteiger partial charge is 0.573 e. The number of pyridine rings is 2. The second-order valence-electron chi connectivity index (χ2n) is 6.94. The molecule has 3 heterocycles. The van der Waals surface area contributed by atoms with Crippen LogP contribution in [0.4, 0.5) is 18.0 Å². The van der Waals surface area contributed by atoms with Crippen molar-refractivity contribution < 1.29 is 27.3 Å². The summed E-state index contributed by atoms with van der Waals surface area (Å²) in [5.41, 5.74) is 2.62. The van der Waals surface area contributed by atoms with Crippen molar-refractivity contribution >= 4 is 17.2 Å². The molecule has 1 aliphatic heterocycles. The first-order valence-corrected chi connectivity index (χ1v) is 10.6. The third-order valence-corrected chi connectivity index (χ3v) is 6.05. The number of hydrogen-bond donors (Lipinski definition) is 1. The molecule has 0 aliphatic carbocycles. The number of fused-ring (bicyclic) bond motifs is 1. The van der Waals surface area contributed by atoms with Crippen LogP contribution in [0.2, 0.25) is 0 Å². The van der Waals surface area contributed by atoms with E-state index in [1.54, 1.807) is 29.4 Å². The number of nitrogens with zero attached hydrogens (tertiary/aromatic N) is 3. The van der Waals surface area contributed by atoms with Crippen LogP contribution in [0.25, 0.3) is 0 Å². The summed E-state index contributed by atoms with van der Waals surface area (Å²) < 4.78 is 53.7. The minimum absolute atomic E-state index is 0.151. The van der Waals surface area contributed by atoms with Gasteiger partial charge in [0.2, 0.25) is 0 Å². The maximum atomic E-state index is 12.7. The number of urea groups is 1. The Morgan fingerprint density at radius 3 is 2.66 bits per heavy atom. The van der Waals surface area contributed by atoms with Gasteiger partial charge < -0.3 is 19.5 Å². The Morgan fingerprint density at radius 1 is 1.12 bits per heavy atom. The highest BCUT2D eigenvalue weighted by atomic mass is 32.2. The summed E-state index contributed by atoms with van der Waals surface area (Å²) >= 11 is -1.74. The number of carbonyl (C=O) groups is 1. The van der Waals surface area contributed by atoms with Gasteiger partial charge in [-0.15, -0.1) is 13.2 Å². The van der Waals surface area contributed by atoms with Crippen molar-refractivity contribution in [1.29, 1.82) is 0 Å². The van der Waals surface area contributed by atoms with Gasteiger partial charge in [-0.2, -0.15) is 0 Å². The van der Waals surface area contributed by atoms with Gasteiger partial charge in [-0.25, -0.2) is 4.79 Å². The maximum absolute atomic E-state index is 12.7. The zero-order valence-electron chi connectivity index (χ0n) is 16.5. The van der Waals surface area contributed by atoms with Gasteiger partial charge in [0.1, 0.15) is 5.75 Å². The molecule has 0 radical (unpaired) electrons. The summed E-state index contributed by atoms with van der Waals surface area (Å²) in [6.07, 6.45) is -0.0298. The van der Waals surface area contributed by atoms with Gasteiger partial charge in [-0.1, -0.05) is 6.07 Å². The largest absolute Gasteiger partial charge is 0.606 e. The van der Waals surface area contributed by atoms with Crippen molar-refractivity contribution in [3.05, 3.63) is 77.9 Å². The molecule has 7 nitrogen and oxygen atoms in total. The van der Waals surface area contributed by atoms with Crippen LogP contribution in [0.3, 0.4) is 0 Å². The monoisotopic (exact) mass is 462 g/mol. The number of rotatable bonds is 5. The topological polar surface area (TPSA) is 90.4 Å². The van der Waals surface area contributed by atoms with Gasteiger partial charge in [0.05, 0.1) is 18.4 Å². The fourth-order valence-electron chi connectivity index (χ4n) is 3.19. The predicted molar refractivity (Wildman–Crippen MR) is 108 cm³/mol. The highest BCUT2D eigenvalue weighted by Crippen LogP contribution is 2.28. The molecule has 1 atom stereocenters. The van der Waals surface area contributed by atoms with E-state index in [4.69, 9.17) is 0 Å². The van der Waals surface area contributed by atoms with Crippen LogP contribution in [0.15, 0.2) is 70.8 Å². The standard InChI is InChI=1S/C21H17F3N4O3S/c22-21(23,24)31-17-2-1-3-18(8-17)32(30)19-5-4-16(26-11-19)10-27-20(29)28-12-14-6-7-25-9-15(14)13-28/h1-9,11H,10,12-13H2,(H,27,29). The normalized spacial score (nSPS) is 14.1. The molecule has 3 aromatic rings. The summed E-state index contributed by atoms with van der Waals surface area (Å²) in [6, 6.07) is 9.78. The van der Waals surface area contributed by atoms with Crippen molar-refractivity contribution in [1.82, 2.24) is 20.2 Å². The third-order valence-electron chi connectivity index (χ3n) is 4.70. The Labute approximate surface area is 184 Å². The number of nitrogens with one attached hydrogen (secondary N) is 1. The van der Waals surface area contributed by atoms with Crippen LogP contribution in [0.1, 0.15) is 16.8 Å². The molecular formula is C21H17F3N4O3S. The van der Waals surface area contributed by atoms with Crippen LogP contribution in [-0.4, -0.2) is 31.8 Å². The highest BCUT2D eigenvalue weighted by molar-refractivity contribution is 7.91. The van der Waals surface area contributed by atoms with Crippen LogP contribution in [-0.2, 0) is 30.8 Å². The Hall–Kier alpha value is -3.31. The lowest BCUT2D eigenvalue weighted by atomic mass is 10.2. The van der Waals surface area contributed by atoms with E-state index in [-0.39, 0.29) is 17.5 Å². The lowest BCUT2D eigenvalue weighted by molar-refractivity contribution is -0.274. The number of amides is 2. The average Bonchev–Trinajstić information content (AvgIpc) is 3.21.